The molecule has 0 unspecified atom stereocenters. The molecule has 5 rings (SSSR count). The number of aliphatic hydroxyl groups is 2. The molecule has 0 atom stereocenters. The predicted octanol–water partition coefficient (Wildman–Crippen LogP) is 2.46. The summed E-state index contributed by atoms with van der Waals surface area (Å²) in [4.78, 5) is 51.2. The maximum Gasteiger partial charge on any atom is 0.253 e. The zero-order valence-electron chi connectivity index (χ0n) is 51.6. The third-order valence-electron chi connectivity index (χ3n) is 14.5. The third-order valence-corrected chi connectivity index (χ3v) is 14.5. The third kappa shape index (κ3) is 29.3. The van der Waals surface area contributed by atoms with Gasteiger partial charge in [-0.15, -0.1) is 0 Å². The molecular formula is C61H102N8O17. The number of aryl methyl sites for hydroxylation is 2. The molecule has 0 bridgehead atoms. The largest absolute Gasteiger partial charge is 0.396 e. The van der Waals surface area contributed by atoms with E-state index >= 15 is 0 Å². The Morgan fingerprint density at radius 2 is 1.01 bits per heavy atom. The molecule has 0 spiro atoms. The van der Waals surface area contributed by atoms with Gasteiger partial charge in [0.25, 0.3) is 11.8 Å². The summed E-state index contributed by atoms with van der Waals surface area (Å²) in [6, 6.07) is 6.47. The number of carbonyl (C=O) groups is 3. The number of aromatic nitrogens is 3. The number of fused-ring (bicyclic) bond motifs is 3. The molecule has 488 valence electrons. The minimum Gasteiger partial charge on any atom is -0.396 e. The molecule has 25 nitrogen and oxygen atoms in total. The normalized spacial score (nSPS) is 14.3. The number of benzene rings is 1. The van der Waals surface area contributed by atoms with E-state index in [1.54, 1.807) is 0 Å². The minimum absolute atomic E-state index is 0.00426. The molecule has 2 aromatic heterocycles. The van der Waals surface area contributed by atoms with Crippen molar-refractivity contribution in [1.29, 1.82) is 0 Å². The summed E-state index contributed by atoms with van der Waals surface area (Å²) in [5.41, 5.74) is 9.50. The maximum atomic E-state index is 12.3. The summed E-state index contributed by atoms with van der Waals surface area (Å²) in [6.07, 6.45) is 9.62. The van der Waals surface area contributed by atoms with Crippen LogP contribution in [0.3, 0.4) is 0 Å². The van der Waals surface area contributed by atoms with Gasteiger partial charge in [-0.1, -0.05) is 32.4 Å². The highest BCUT2D eigenvalue weighted by molar-refractivity contribution is 6.12. The second kappa shape index (κ2) is 44.9. The molecule has 86 heavy (non-hydrogen) atoms. The molecule has 2 aliphatic rings. The Morgan fingerprint density at radius 3 is 1.47 bits per heavy atom. The smallest absolute Gasteiger partial charge is 0.253 e. The number of amides is 3. The van der Waals surface area contributed by atoms with Gasteiger partial charge in [0.05, 0.1) is 189 Å². The Morgan fingerprint density at radius 1 is 0.570 bits per heavy atom. The van der Waals surface area contributed by atoms with Crippen molar-refractivity contribution in [3.63, 3.8) is 0 Å². The van der Waals surface area contributed by atoms with Gasteiger partial charge in [0.15, 0.2) is 5.82 Å². The quantitative estimate of drug-likeness (QED) is 0.0467. The van der Waals surface area contributed by atoms with E-state index in [1.165, 1.54) is 17.7 Å². The number of rotatable bonds is 55. The number of anilines is 1. The highest BCUT2D eigenvalue weighted by Gasteiger charge is 2.28. The zero-order valence-corrected chi connectivity index (χ0v) is 51.6. The Labute approximate surface area is 508 Å². The predicted molar refractivity (Wildman–Crippen MR) is 324 cm³/mol. The van der Waals surface area contributed by atoms with Crippen molar-refractivity contribution in [2.75, 3.05) is 230 Å². The van der Waals surface area contributed by atoms with Gasteiger partial charge in [-0.3, -0.25) is 19.3 Å². The van der Waals surface area contributed by atoms with Crippen molar-refractivity contribution in [1.82, 2.24) is 34.6 Å². The van der Waals surface area contributed by atoms with E-state index in [0.29, 0.717) is 183 Å². The average molecular weight is 1220 g/mol. The highest BCUT2D eigenvalue weighted by atomic mass is 16.6. The number of nitrogens with two attached hydrogens (primary N) is 1. The van der Waals surface area contributed by atoms with Crippen LogP contribution in [0, 0.1) is 5.41 Å². The monoisotopic (exact) mass is 1220 g/mol. The van der Waals surface area contributed by atoms with Crippen molar-refractivity contribution in [2.45, 2.75) is 71.8 Å². The Bertz CT molecular complexity index is 2320. The fraction of sp³-hybridized carbons (Fsp3) is 0.754. The van der Waals surface area contributed by atoms with Gasteiger partial charge in [-0.2, -0.15) is 0 Å². The van der Waals surface area contributed by atoms with Crippen LogP contribution in [0.4, 0.5) is 5.82 Å². The number of ether oxygens (including phenoxy) is 12. The molecular weight excluding hydrogens is 1120 g/mol. The highest BCUT2D eigenvalue weighted by Crippen LogP contribution is 2.33. The second-order valence-electron chi connectivity index (χ2n) is 21.5. The Hall–Kier alpha value is -4.39. The van der Waals surface area contributed by atoms with Gasteiger partial charge in [-0.05, 0) is 56.8 Å². The lowest BCUT2D eigenvalue weighted by atomic mass is 9.92. The van der Waals surface area contributed by atoms with Crippen LogP contribution in [0.25, 0.3) is 21.9 Å². The van der Waals surface area contributed by atoms with Crippen LogP contribution in [-0.4, -0.2) is 281 Å². The molecule has 1 aromatic carbocycles. The standard InChI is InChI=1S/C61H102N8O17/c1-3-4-9-54-65-58-59(69(54)48-61(2,49-70)50-71)52-11-10-51(47-53(52)64-60(58)62)8-7-17-67-20-18-66(19-21-67)16-6-5-15-63-55(72)14-23-75-25-27-77-29-31-79-33-35-81-37-39-83-41-43-85-45-46-86-44-42-84-40-38-82-36-34-80-32-30-78-28-26-76-24-22-68-56(73)12-13-57(68)74/h10-13,47,70-71H,3-9,14-46,48-50H2,1-2H3,(H2,62,64)(H,63,72). The zero-order chi connectivity index (χ0) is 61.1. The van der Waals surface area contributed by atoms with Crippen LogP contribution in [0.5, 0.6) is 0 Å². The first kappa shape index (κ1) is 72.4. The van der Waals surface area contributed by atoms with Crippen molar-refractivity contribution in [2.24, 2.45) is 5.41 Å². The minimum atomic E-state index is -0.696. The molecule has 0 saturated carbocycles. The molecule has 0 radical (unpaired) electrons. The first-order chi connectivity index (χ1) is 42.1. The molecule has 3 aromatic rings. The number of hydrogen-bond donors (Lipinski definition) is 4. The summed E-state index contributed by atoms with van der Waals surface area (Å²) < 4.78 is 68.2. The van der Waals surface area contributed by atoms with Gasteiger partial charge in [0.2, 0.25) is 5.91 Å². The van der Waals surface area contributed by atoms with Crippen molar-refractivity contribution in [3.05, 3.63) is 41.7 Å². The van der Waals surface area contributed by atoms with E-state index in [4.69, 9.17) is 72.5 Å². The van der Waals surface area contributed by atoms with E-state index in [2.05, 4.69) is 44.8 Å². The Balaban J connectivity index is 0.702. The van der Waals surface area contributed by atoms with Crippen LogP contribution >= 0.6 is 0 Å². The number of nitrogens with zero attached hydrogens (tertiary/aromatic N) is 6. The van der Waals surface area contributed by atoms with Gasteiger partial charge in [0, 0.05) is 75.1 Å². The first-order valence-corrected chi connectivity index (χ1v) is 31.1. The molecule has 1 fully saturated rings. The molecule has 0 aliphatic carbocycles. The average Bonchev–Trinajstić information content (AvgIpc) is 1.60. The van der Waals surface area contributed by atoms with Crippen LogP contribution in [0.2, 0.25) is 0 Å². The molecule has 25 heteroatoms. The van der Waals surface area contributed by atoms with Crippen LogP contribution in [0.15, 0.2) is 30.4 Å². The number of piperazine rings is 1. The molecule has 2 aliphatic heterocycles. The summed E-state index contributed by atoms with van der Waals surface area (Å²) >= 11 is 0. The number of imidazole rings is 1. The number of hydrogen-bond acceptors (Lipinski definition) is 22. The molecule has 3 amide bonds. The lowest BCUT2D eigenvalue weighted by molar-refractivity contribution is -0.137. The molecule has 5 N–H and O–H groups in total. The van der Waals surface area contributed by atoms with Gasteiger partial charge in [-0.25, -0.2) is 9.97 Å². The number of imide groups is 1. The van der Waals surface area contributed by atoms with E-state index in [0.717, 1.165) is 111 Å². The number of nitrogen functional groups attached to an aromatic ring is 1. The van der Waals surface area contributed by atoms with Crippen LogP contribution < -0.4 is 11.1 Å². The SMILES string of the molecule is CCCCc1nc2c(N)nc3cc(CCCN4CCN(CCCCNC(=O)CCOCCOCCOCCOCCOCCOCCOCCOCCOCCOCCOCCOCCN5C(=O)C=CC5=O)CC4)ccc3c2n1CC(C)(CO)CO. The van der Waals surface area contributed by atoms with E-state index in [9.17, 15) is 24.6 Å². The maximum absolute atomic E-state index is 12.3. The molecule has 1 saturated heterocycles. The lowest BCUT2D eigenvalue weighted by Gasteiger charge is -2.34. The number of carbonyl (C=O) groups excluding carboxylic acids is 3. The second-order valence-corrected chi connectivity index (χ2v) is 21.5. The van der Waals surface area contributed by atoms with Gasteiger partial charge >= 0.3 is 0 Å². The summed E-state index contributed by atoms with van der Waals surface area (Å²) in [6.45, 7) is 21.9. The summed E-state index contributed by atoms with van der Waals surface area (Å²) in [5.74, 6) is 0.695. The number of nitrogens with one attached hydrogen (secondary N) is 1. The van der Waals surface area contributed by atoms with Gasteiger partial charge in [0.1, 0.15) is 11.3 Å². The number of aliphatic hydroxyl groups excluding tert-OH is 2. The van der Waals surface area contributed by atoms with Gasteiger partial charge < -0.3 is 92.5 Å². The van der Waals surface area contributed by atoms with E-state index < -0.39 is 5.41 Å². The van der Waals surface area contributed by atoms with E-state index in [-0.39, 0.29) is 44.1 Å². The van der Waals surface area contributed by atoms with Crippen molar-refractivity contribution in [3.8, 4) is 0 Å². The molecule has 4 heterocycles. The first-order valence-electron chi connectivity index (χ1n) is 31.1. The van der Waals surface area contributed by atoms with E-state index in [1.807, 2.05) is 6.92 Å². The Kier molecular flexibility index (Phi) is 37.8. The number of unbranched alkanes of at least 4 members (excludes halogenated alkanes) is 2. The fourth-order valence-electron chi connectivity index (χ4n) is 9.40. The van der Waals surface area contributed by atoms with Crippen molar-refractivity contribution < 1.29 is 81.4 Å². The van der Waals surface area contributed by atoms with Crippen molar-refractivity contribution >= 4 is 45.5 Å². The lowest BCUT2D eigenvalue weighted by Crippen LogP contribution is -2.46. The summed E-state index contributed by atoms with van der Waals surface area (Å²) in [7, 11) is 0. The summed E-state index contributed by atoms with van der Waals surface area (Å²) in [5, 5.41) is 24.3. The topological polar surface area (TPSA) is 281 Å². The fourth-order valence-corrected chi connectivity index (χ4v) is 9.40. The number of pyridine rings is 1. The van der Waals surface area contributed by atoms with Crippen LogP contribution in [-0.2, 0) is 90.6 Å². The van der Waals surface area contributed by atoms with Crippen LogP contribution in [0.1, 0.15) is 63.8 Å².